The Bertz CT molecular complexity index is 800. The Morgan fingerprint density at radius 1 is 0.955 bits per heavy atom. The monoisotopic (exact) mass is 310 g/mol. The smallest absolute Gasteiger partial charge is 0.161 e. The van der Waals surface area contributed by atoms with Crippen LogP contribution in [-0.2, 0) is 0 Å². The quantitative estimate of drug-likeness (QED) is 0.504. The average molecular weight is 310 g/mol. The highest BCUT2D eigenvalue weighted by atomic mass is 32.2. The minimum Gasteiger partial charge on any atom is -0.228 e. The van der Waals surface area contributed by atoms with Crippen molar-refractivity contribution in [2.24, 2.45) is 0 Å². The Labute approximate surface area is 133 Å². The lowest BCUT2D eigenvalue weighted by atomic mass is 10.1. The number of aryl methyl sites for hydroxylation is 1. The predicted molar refractivity (Wildman–Crippen MR) is 89.4 cm³/mol. The van der Waals surface area contributed by atoms with Crippen molar-refractivity contribution < 1.29 is 4.39 Å². The maximum Gasteiger partial charge on any atom is 0.161 e. The van der Waals surface area contributed by atoms with Crippen LogP contribution in [0.15, 0.2) is 59.6 Å². The summed E-state index contributed by atoms with van der Waals surface area (Å²) in [6.45, 7) is 2.06. The van der Waals surface area contributed by atoms with Gasteiger partial charge in [-0.05, 0) is 49.1 Å². The van der Waals surface area contributed by atoms with E-state index in [1.807, 2.05) is 24.5 Å². The second-order valence-corrected chi connectivity index (χ2v) is 5.77. The lowest BCUT2D eigenvalue weighted by molar-refractivity contribution is 0.628. The molecular weight excluding hydrogens is 295 g/mol. The molecule has 0 N–H and O–H groups in total. The predicted octanol–water partition coefficient (Wildman–Crippen LogP) is 4.98. The molecule has 0 atom stereocenters. The van der Waals surface area contributed by atoms with Gasteiger partial charge in [-0.25, -0.2) is 14.4 Å². The van der Waals surface area contributed by atoms with Gasteiger partial charge < -0.3 is 0 Å². The van der Waals surface area contributed by atoms with Crippen LogP contribution in [0.5, 0.6) is 0 Å². The lowest BCUT2D eigenvalue weighted by Gasteiger charge is -2.09. The molecule has 22 heavy (non-hydrogen) atoms. The minimum absolute atomic E-state index is 0.260. The minimum atomic E-state index is -0.260. The summed E-state index contributed by atoms with van der Waals surface area (Å²) in [7, 11) is 0. The van der Waals surface area contributed by atoms with Crippen molar-refractivity contribution in [3.8, 4) is 22.6 Å². The van der Waals surface area contributed by atoms with Gasteiger partial charge in [0.25, 0.3) is 0 Å². The normalized spacial score (nSPS) is 10.7. The maximum atomic E-state index is 13.1. The molecule has 0 aliphatic rings. The van der Waals surface area contributed by atoms with E-state index in [1.54, 1.807) is 23.9 Å². The average Bonchev–Trinajstić information content (AvgIpc) is 2.55. The number of thioether (sulfide) groups is 1. The van der Waals surface area contributed by atoms with Crippen LogP contribution in [0.2, 0.25) is 0 Å². The first-order valence-corrected chi connectivity index (χ1v) is 8.15. The third kappa shape index (κ3) is 3.02. The number of hydrogen-bond donors (Lipinski definition) is 0. The van der Waals surface area contributed by atoms with Crippen LogP contribution < -0.4 is 0 Å². The third-order valence-corrected chi connectivity index (χ3v) is 4.06. The van der Waals surface area contributed by atoms with Gasteiger partial charge in [0, 0.05) is 11.1 Å². The van der Waals surface area contributed by atoms with Crippen LogP contribution in [0.4, 0.5) is 4.39 Å². The van der Waals surface area contributed by atoms with Gasteiger partial charge in [0.2, 0.25) is 0 Å². The van der Waals surface area contributed by atoms with Gasteiger partial charge in [0.15, 0.2) is 5.82 Å². The molecule has 0 bridgehead atoms. The fourth-order valence-corrected chi connectivity index (χ4v) is 2.66. The van der Waals surface area contributed by atoms with Crippen molar-refractivity contribution >= 4 is 11.8 Å². The van der Waals surface area contributed by atoms with Crippen molar-refractivity contribution in [3.05, 3.63) is 66.0 Å². The topological polar surface area (TPSA) is 25.8 Å². The maximum absolute atomic E-state index is 13.1. The number of halogens is 1. The molecule has 1 aromatic heterocycles. The molecule has 3 aromatic rings. The van der Waals surface area contributed by atoms with Gasteiger partial charge in [-0.3, -0.25) is 0 Å². The van der Waals surface area contributed by atoms with E-state index in [-0.39, 0.29) is 5.82 Å². The van der Waals surface area contributed by atoms with E-state index in [0.717, 1.165) is 21.8 Å². The van der Waals surface area contributed by atoms with Crippen molar-refractivity contribution in [2.75, 3.05) is 6.26 Å². The van der Waals surface area contributed by atoms with Crippen LogP contribution in [0, 0.1) is 12.7 Å². The molecule has 2 aromatic carbocycles. The SMILES string of the molecule is CSc1cc(-c2ccccc2C)nc(-c2ccc(F)cc2)n1. The summed E-state index contributed by atoms with van der Waals surface area (Å²) in [5.74, 6) is 0.356. The van der Waals surface area contributed by atoms with Gasteiger partial charge >= 0.3 is 0 Å². The van der Waals surface area contributed by atoms with Crippen LogP contribution in [-0.4, -0.2) is 16.2 Å². The first-order valence-electron chi connectivity index (χ1n) is 6.92. The fourth-order valence-electron chi connectivity index (χ4n) is 2.26. The zero-order chi connectivity index (χ0) is 15.5. The standard InChI is InChI=1S/C18H15FN2S/c1-12-5-3-4-6-15(12)16-11-17(22-2)21-18(20-16)13-7-9-14(19)10-8-13/h3-11H,1-2H3. The van der Waals surface area contributed by atoms with E-state index in [9.17, 15) is 4.39 Å². The van der Waals surface area contributed by atoms with Crippen LogP contribution in [0.3, 0.4) is 0 Å². The molecule has 0 aliphatic heterocycles. The van der Waals surface area contributed by atoms with E-state index in [2.05, 4.69) is 29.0 Å². The Morgan fingerprint density at radius 2 is 1.68 bits per heavy atom. The van der Waals surface area contributed by atoms with Crippen LogP contribution in [0.25, 0.3) is 22.6 Å². The molecule has 0 radical (unpaired) electrons. The summed E-state index contributed by atoms with van der Waals surface area (Å²) in [6.07, 6.45) is 1.98. The zero-order valence-electron chi connectivity index (χ0n) is 12.4. The highest BCUT2D eigenvalue weighted by Gasteiger charge is 2.10. The fraction of sp³-hybridized carbons (Fsp3) is 0.111. The van der Waals surface area contributed by atoms with E-state index < -0.39 is 0 Å². The molecule has 0 spiro atoms. The summed E-state index contributed by atoms with van der Waals surface area (Å²) in [5.41, 5.74) is 3.95. The Balaban J connectivity index is 2.15. The van der Waals surface area contributed by atoms with E-state index in [4.69, 9.17) is 0 Å². The molecule has 110 valence electrons. The number of aromatic nitrogens is 2. The molecule has 0 amide bonds. The second-order valence-electron chi connectivity index (χ2n) is 4.94. The molecule has 0 saturated carbocycles. The third-order valence-electron chi connectivity index (χ3n) is 3.44. The Kier molecular flexibility index (Phi) is 4.20. The van der Waals surface area contributed by atoms with Crippen molar-refractivity contribution in [3.63, 3.8) is 0 Å². The second kappa shape index (κ2) is 6.28. The summed E-state index contributed by atoms with van der Waals surface area (Å²) in [5, 5.41) is 0.896. The number of rotatable bonds is 3. The van der Waals surface area contributed by atoms with Gasteiger partial charge in [-0.1, -0.05) is 24.3 Å². The summed E-state index contributed by atoms with van der Waals surface area (Å²) in [6, 6.07) is 16.4. The molecule has 0 unspecified atom stereocenters. The van der Waals surface area contributed by atoms with E-state index in [0.29, 0.717) is 5.82 Å². The number of hydrogen-bond acceptors (Lipinski definition) is 3. The first kappa shape index (κ1) is 14.7. The summed E-state index contributed by atoms with van der Waals surface area (Å²) >= 11 is 1.57. The molecule has 3 rings (SSSR count). The molecule has 0 saturated heterocycles. The molecular formula is C18H15FN2S. The Hall–Kier alpha value is -2.20. The van der Waals surface area contributed by atoms with Crippen molar-refractivity contribution in [1.82, 2.24) is 9.97 Å². The largest absolute Gasteiger partial charge is 0.228 e. The van der Waals surface area contributed by atoms with Crippen molar-refractivity contribution in [2.45, 2.75) is 11.9 Å². The van der Waals surface area contributed by atoms with Gasteiger partial charge in [0.1, 0.15) is 10.8 Å². The van der Waals surface area contributed by atoms with Crippen LogP contribution in [0.1, 0.15) is 5.56 Å². The molecule has 0 aliphatic carbocycles. The first-order chi connectivity index (χ1) is 10.7. The molecule has 4 heteroatoms. The van der Waals surface area contributed by atoms with E-state index in [1.165, 1.54) is 17.7 Å². The highest BCUT2D eigenvalue weighted by molar-refractivity contribution is 7.98. The number of benzene rings is 2. The Morgan fingerprint density at radius 3 is 2.36 bits per heavy atom. The van der Waals surface area contributed by atoms with Gasteiger partial charge in [-0.15, -0.1) is 11.8 Å². The zero-order valence-corrected chi connectivity index (χ0v) is 13.2. The molecule has 1 heterocycles. The number of nitrogens with zero attached hydrogens (tertiary/aromatic N) is 2. The molecule has 0 fully saturated rings. The lowest BCUT2D eigenvalue weighted by Crippen LogP contribution is -1.95. The van der Waals surface area contributed by atoms with Gasteiger partial charge in [-0.2, -0.15) is 0 Å². The highest BCUT2D eigenvalue weighted by Crippen LogP contribution is 2.27. The van der Waals surface area contributed by atoms with Gasteiger partial charge in [0.05, 0.1) is 5.69 Å². The summed E-state index contributed by atoms with van der Waals surface area (Å²) in [4.78, 5) is 9.20. The van der Waals surface area contributed by atoms with E-state index >= 15 is 0 Å². The van der Waals surface area contributed by atoms with Crippen molar-refractivity contribution in [1.29, 1.82) is 0 Å². The van der Waals surface area contributed by atoms with Crippen LogP contribution >= 0.6 is 11.8 Å². The summed E-state index contributed by atoms with van der Waals surface area (Å²) < 4.78 is 13.1. The molecule has 2 nitrogen and oxygen atoms in total.